The fourth-order valence-corrected chi connectivity index (χ4v) is 1.68. The summed E-state index contributed by atoms with van der Waals surface area (Å²) in [5, 5.41) is 10.6. The highest BCUT2D eigenvalue weighted by Crippen LogP contribution is 2.19. The van der Waals surface area contributed by atoms with Crippen LogP contribution in [0.2, 0.25) is 0 Å². The maximum atomic E-state index is 13.7. The lowest BCUT2D eigenvalue weighted by atomic mass is 10.2. The number of rotatable bonds is 6. The summed E-state index contributed by atoms with van der Waals surface area (Å²) < 4.78 is 13.7. The molecule has 0 aliphatic rings. The van der Waals surface area contributed by atoms with Gasteiger partial charge in [-0.05, 0) is 5.56 Å². The molecule has 0 aliphatic heterocycles. The van der Waals surface area contributed by atoms with Crippen LogP contribution in [-0.2, 0) is 18.0 Å². The monoisotopic (exact) mass is 276 g/mol. The fourth-order valence-electron chi connectivity index (χ4n) is 1.68. The molecule has 104 valence electrons. The molecule has 0 fully saturated rings. The van der Waals surface area contributed by atoms with Crippen LogP contribution in [0.4, 0.5) is 10.1 Å². The Bertz CT molecular complexity index is 590. The van der Waals surface area contributed by atoms with Gasteiger partial charge in [0.15, 0.2) is 0 Å². The predicted molar refractivity (Wildman–Crippen MR) is 71.1 cm³/mol. The average molecular weight is 276 g/mol. The van der Waals surface area contributed by atoms with E-state index >= 15 is 0 Å². The number of hydroxylamine groups is 1. The number of benzene rings is 2. The van der Waals surface area contributed by atoms with Crippen molar-refractivity contribution < 1.29 is 14.2 Å². The van der Waals surface area contributed by atoms with Crippen LogP contribution in [0, 0.1) is 15.9 Å². The van der Waals surface area contributed by atoms with Crippen molar-refractivity contribution in [1.82, 2.24) is 5.48 Å². The molecule has 0 aromatic heterocycles. The highest BCUT2D eigenvalue weighted by molar-refractivity contribution is 5.36. The first-order chi connectivity index (χ1) is 9.68. The van der Waals surface area contributed by atoms with E-state index in [2.05, 4.69) is 5.48 Å². The second-order valence-corrected chi connectivity index (χ2v) is 4.10. The molecule has 0 saturated heterocycles. The molecule has 0 bridgehead atoms. The summed E-state index contributed by atoms with van der Waals surface area (Å²) in [4.78, 5) is 15.0. The molecule has 0 aliphatic carbocycles. The highest BCUT2D eigenvalue weighted by atomic mass is 19.1. The van der Waals surface area contributed by atoms with Crippen molar-refractivity contribution in [1.29, 1.82) is 0 Å². The molecule has 5 nitrogen and oxygen atoms in total. The molecule has 6 heteroatoms. The smallest absolute Gasteiger partial charge is 0.297 e. The Hall–Kier alpha value is -2.31. The minimum Gasteiger partial charge on any atom is -0.297 e. The van der Waals surface area contributed by atoms with Gasteiger partial charge in [0.05, 0.1) is 11.5 Å². The maximum Gasteiger partial charge on any atom is 0.305 e. The summed E-state index contributed by atoms with van der Waals surface area (Å²) in [7, 11) is 0. The van der Waals surface area contributed by atoms with E-state index < -0.39 is 16.4 Å². The third kappa shape index (κ3) is 3.59. The Morgan fingerprint density at radius 1 is 1.15 bits per heavy atom. The minimum absolute atomic E-state index is 0.0559. The number of halogens is 1. The third-order valence-electron chi connectivity index (χ3n) is 2.70. The van der Waals surface area contributed by atoms with Crippen molar-refractivity contribution in [3.05, 3.63) is 75.6 Å². The van der Waals surface area contributed by atoms with E-state index in [1.165, 1.54) is 12.1 Å². The van der Waals surface area contributed by atoms with Crippen molar-refractivity contribution in [2.45, 2.75) is 13.2 Å². The van der Waals surface area contributed by atoms with Crippen LogP contribution in [0.15, 0.2) is 48.5 Å². The first-order valence-electron chi connectivity index (χ1n) is 5.99. The van der Waals surface area contributed by atoms with E-state index in [0.29, 0.717) is 6.61 Å². The summed E-state index contributed by atoms with van der Waals surface area (Å²) >= 11 is 0. The van der Waals surface area contributed by atoms with E-state index in [1.807, 2.05) is 30.3 Å². The summed E-state index contributed by atoms with van der Waals surface area (Å²) in [6.45, 7) is 0.387. The van der Waals surface area contributed by atoms with Gasteiger partial charge >= 0.3 is 5.69 Å². The van der Waals surface area contributed by atoms with E-state index in [-0.39, 0.29) is 12.1 Å². The van der Waals surface area contributed by atoms with Gasteiger partial charge in [0.25, 0.3) is 0 Å². The SMILES string of the molecule is O=[N+]([O-])c1cccc(CNOCc2ccccc2)c1F. The Morgan fingerprint density at radius 3 is 2.60 bits per heavy atom. The molecule has 2 aromatic carbocycles. The number of nitro benzene ring substituents is 1. The average Bonchev–Trinajstić information content (AvgIpc) is 2.46. The van der Waals surface area contributed by atoms with Crippen molar-refractivity contribution in [2.24, 2.45) is 0 Å². The second-order valence-electron chi connectivity index (χ2n) is 4.10. The van der Waals surface area contributed by atoms with Crippen LogP contribution < -0.4 is 5.48 Å². The topological polar surface area (TPSA) is 64.4 Å². The third-order valence-corrected chi connectivity index (χ3v) is 2.70. The Kier molecular flexibility index (Phi) is 4.75. The molecule has 0 radical (unpaired) electrons. The summed E-state index contributed by atoms with van der Waals surface area (Å²) in [5.74, 6) is -0.840. The zero-order valence-corrected chi connectivity index (χ0v) is 10.6. The lowest BCUT2D eigenvalue weighted by Gasteiger charge is -2.07. The number of nitrogens with zero attached hydrogens (tertiary/aromatic N) is 1. The first kappa shape index (κ1) is 14.1. The molecular formula is C14H13FN2O3. The summed E-state index contributed by atoms with van der Waals surface area (Å²) in [6.07, 6.45) is 0. The molecule has 0 atom stereocenters. The van der Waals surface area contributed by atoms with Gasteiger partial charge in [-0.1, -0.05) is 42.5 Å². The van der Waals surface area contributed by atoms with Crippen LogP contribution in [0.5, 0.6) is 0 Å². The largest absolute Gasteiger partial charge is 0.305 e. The molecule has 0 saturated carbocycles. The van der Waals surface area contributed by atoms with Gasteiger partial charge in [-0.3, -0.25) is 15.0 Å². The van der Waals surface area contributed by atoms with Gasteiger partial charge < -0.3 is 0 Å². The van der Waals surface area contributed by atoms with Crippen molar-refractivity contribution >= 4 is 5.69 Å². The molecule has 0 amide bonds. The van der Waals surface area contributed by atoms with Gasteiger partial charge in [0.1, 0.15) is 0 Å². The Labute approximate surface area is 115 Å². The summed E-state index contributed by atoms with van der Waals surface area (Å²) in [6, 6.07) is 13.5. The number of hydrogen-bond donors (Lipinski definition) is 1. The predicted octanol–water partition coefficient (Wildman–Crippen LogP) is 2.96. The number of hydrogen-bond acceptors (Lipinski definition) is 4. The first-order valence-corrected chi connectivity index (χ1v) is 5.99. The molecular weight excluding hydrogens is 263 g/mol. The molecule has 0 heterocycles. The standard InChI is InChI=1S/C14H13FN2O3/c15-14-12(7-4-8-13(14)17(18)19)9-16-20-10-11-5-2-1-3-6-11/h1-8,16H,9-10H2. The molecule has 2 aromatic rings. The lowest BCUT2D eigenvalue weighted by molar-refractivity contribution is -0.387. The molecule has 2 rings (SSSR count). The van der Waals surface area contributed by atoms with Crippen molar-refractivity contribution in [3.63, 3.8) is 0 Å². The maximum absolute atomic E-state index is 13.7. The minimum atomic E-state index is -0.840. The van der Waals surface area contributed by atoms with Gasteiger partial charge in [-0.15, -0.1) is 0 Å². The Balaban J connectivity index is 1.88. The van der Waals surface area contributed by atoms with E-state index in [1.54, 1.807) is 0 Å². The van der Waals surface area contributed by atoms with E-state index in [0.717, 1.165) is 11.6 Å². The highest BCUT2D eigenvalue weighted by Gasteiger charge is 2.16. The number of nitrogens with one attached hydrogen (secondary N) is 1. The van der Waals surface area contributed by atoms with Crippen LogP contribution >= 0.6 is 0 Å². The number of nitro groups is 1. The molecule has 20 heavy (non-hydrogen) atoms. The van der Waals surface area contributed by atoms with Gasteiger partial charge in [0, 0.05) is 18.2 Å². The Morgan fingerprint density at radius 2 is 1.90 bits per heavy atom. The normalized spacial score (nSPS) is 10.4. The van der Waals surface area contributed by atoms with Gasteiger partial charge in [0.2, 0.25) is 5.82 Å². The van der Waals surface area contributed by atoms with Crippen LogP contribution in [0.3, 0.4) is 0 Å². The van der Waals surface area contributed by atoms with Crippen molar-refractivity contribution in [3.8, 4) is 0 Å². The quantitative estimate of drug-likeness (QED) is 0.500. The second kappa shape index (κ2) is 6.74. The van der Waals surface area contributed by atoms with E-state index in [9.17, 15) is 14.5 Å². The van der Waals surface area contributed by atoms with Crippen molar-refractivity contribution in [2.75, 3.05) is 0 Å². The zero-order valence-electron chi connectivity index (χ0n) is 10.6. The van der Waals surface area contributed by atoms with Crippen LogP contribution in [-0.4, -0.2) is 4.92 Å². The van der Waals surface area contributed by atoms with Crippen LogP contribution in [0.1, 0.15) is 11.1 Å². The molecule has 0 spiro atoms. The zero-order chi connectivity index (χ0) is 14.4. The van der Waals surface area contributed by atoms with Gasteiger partial charge in [-0.25, -0.2) is 0 Å². The van der Waals surface area contributed by atoms with Gasteiger partial charge in [-0.2, -0.15) is 9.87 Å². The molecule has 0 unspecified atom stereocenters. The van der Waals surface area contributed by atoms with Crippen LogP contribution in [0.25, 0.3) is 0 Å². The molecule has 1 N–H and O–H groups in total. The lowest BCUT2D eigenvalue weighted by Crippen LogP contribution is -2.15. The van der Waals surface area contributed by atoms with E-state index in [4.69, 9.17) is 4.84 Å². The summed E-state index contributed by atoms with van der Waals surface area (Å²) in [5.41, 5.74) is 3.22. The fraction of sp³-hybridized carbons (Fsp3) is 0.143.